The lowest BCUT2D eigenvalue weighted by molar-refractivity contribution is 0.834. The van der Waals surface area contributed by atoms with E-state index in [-0.39, 0.29) is 0 Å². The van der Waals surface area contributed by atoms with Gasteiger partial charge in [-0.25, -0.2) is 10.0 Å². The van der Waals surface area contributed by atoms with Crippen LogP contribution in [-0.4, -0.2) is 17.8 Å². The van der Waals surface area contributed by atoms with E-state index in [9.17, 15) is 0 Å². The molecule has 25 heavy (non-hydrogen) atoms. The monoisotopic (exact) mass is 346 g/mol. The molecule has 1 saturated carbocycles. The Labute approximate surface area is 153 Å². The van der Waals surface area contributed by atoms with Crippen LogP contribution in [-0.2, 0) is 6.42 Å². The van der Waals surface area contributed by atoms with E-state index < -0.39 is 10.0 Å². The largest absolute Gasteiger partial charge is 0.217 e. The lowest BCUT2D eigenvalue weighted by Crippen LogP contribution is -2.05. The summed E-state index contributed by atoms with van der Waals surface area (Å²) in [5.74, 6) is 0.854. The molecule has 128 valence electrons. The second kappa shape index (κ2) is 6.72. The lowest BCUT2D eigenvalue weighted by atomic mass is 10.0. The fraction of sp³-hybridized carbons (Fsp3) is 0.250. The molecule has 0 heterocycles. The van der Waals surface area contributed by atoms with Gasteiger partial charge in [0.05, 0.1) is 0 Å². The molecule has 1 aliphatic rings. The summed E-state index contributed by atoms with van der Waals surface area (Å²) in [6.07, 6.45) is 7.59. The van der Waals surface area contributed by atoms with Gasteiger partial charge in [-0.15, -0.1) is 0 Å². The van der Waals surface area contributed by atoms with Gasteiger partial charge in [0.25, 0.3) is 0 Å². The molecule has 3 aromatic rings. The van der Waals surface area contributed by atoms with E-state index in [1.54, 1.807) is 4.90 Å². The fourth-order valence-electron chi connectivity index (χ4n) is 3.87. The Balaban J connectivity index is 1.43. The predicted molar refractivity (Wildman–Crippen MR) is 112 cm³/mol. The van der Waals surface area contributed by atoms with Gasteiger partial charge >= 0.3 is 0 Å². The van der Waals surface area contributed by atoms with Crippen molar-refractivity contribution >= 4 is 10.0 Å². The highest BCUT2D eigenvalue weighted by molar-refractivity contribution is 8.33. The smallest absolute Gasteiger partial charge is 0.00434 e. The molecule has 0 N–H and O–H groups in total. The Morgan fingerprint density at radius 3 is 1.92 bits per heavy atom. The van der Waals surface area contributed by atoms with Crippen LogP contribution >= 0.6 is 10.0 Å². The van der Waals surface area contributed by atoms with Gasteiger partial charge in [-0.05, 0) is 58.1 Å². The number of hydrogen-bond acceptors (Lipinski definition) is 0. The van der Waals surface area contributed by atoms with Crippen molar-refractivity contribution in [3.8, 4) is 11.1 Å². The summed E-state index contributed by atoms with van der Waals surface area (Å²) < 4.78 is 0. The van der Waals surface area contributed by atoms with E-state index in [4.69, 9.17) is 0 Å². The molecule has 0 spiro atoms. The maximum absolute atomic E-state index is 2.49. The average molecular weight is 347 g/mol. The Bertz CT molecular complexity index is 819. The van der Waals surface area contributed by atoms with Crippen molar-refractivity contribution in [1.29, 1.82) is 0 Å². The molecule has 0 radical (unpaired) electrons. The van der Waals surface area contributed by atoms with Crippen LogP contribution in [0.1, 0.15) is 12.0 Å². The van der Waals surface area contributed by atoms with Crippen molar-refractivity contribution < 1.29 is 0 Å². The van der Waals surface area contributed by atoms with Gasteiger partial charge in [0.1, 0.15) is 0 Å². The Morgan fingerprint density at radius 1 is 0.720 bits per heavy atom. The van der Waals surface area contributed by atoms with Crippen LogP contribution in [0.15, 0.2) is 89.8 Å². The second-order valence-electron chi connectivity index (χ2n) is 7.52. The first kappa shape index (κ1) is 16.5. The molecule has 3 aromatic carbocycles. The maximum atomic E-state index is 2.49. The fourth-order valence-corrected chi connectivity index (χ4v) is 6.86. The van der Waals surface area contributed by atoms with Crippen LogP contribution in [0.4, 0.5) is 0 Å². The first-order valence-corrected chi connectivity index (χ1v) is 11.6. The van der Waals surface area contributed by atoms with Crippen molar-refractivity contribution in [3.63, 3.8) is 0 Å². The molecule has 0 nitrogen and oxygen atoms in total. The van der Waals surface area contributed by atoms with E-state index in [2.05, 4.69) is 97.4 Å². The molecule has 2 atom stereocenters. The van der Waals surface area contributed by atoms with Gasteiger partial charge in [0.2, 0.25) is 0 Å². The number of rotatable bonds is 5. The number of benzene rings is 3. The van der Waals surface area contributed by atoms with E-state index in [1.165, 1.54) is 29.5 Å². The van der Waals surface area contributed by atoms with Crippen molar-refractivity contribution in [2.45, 2.75) is 23.0 Å². The van der Waals surface area contributed by atoms with E-state index in [1.807, 2.05) is 0 Å². The van der Waals surface area contributed by atoms with Gasteiger partial charge in [-0.3, -0.25) is 0 Å². The molecule has 0 aliphatic heterocycles. The zero-order chi connectivity index (χ0) is 17.3. The van der Waals surface area contributed by atoms with Crippen molar-refractivity contribution in [2.75, 3.05) is 12.5 Å². The summed E-state index contributed by atoms with van der Waals surface area (Å²) in [4.78, 5) is 1.56. The highest BCUT2D eigenvalue weighted by Gasteiger charge is 2.45. The van der Waals surface area contributed by atoms with Crippen LogP contribution in [0.5, 0.6) is 0 Å². The predicted octanol–water partition coefficient (Wildman–Crippen LogP) is 6.41. The Hall–Kier alpha value is -1.99. The molecule has 0 unspecified atom stereocenters. The molecule has 1 heteroatoms. The highest BCUT2D eigenvalue weighted by Crippen LogP contribution is 2.65. The van der Waals surface area contributed by atoms with Crippen LogP contribution < -0.4 is 0 Å². The van der Waals surface area contributed by atoms with Crippen LogP contribution in [0.25, 0.3) is 11.1 Å². The molecule has 1 aliphatic carbocycles. The summed E-state index contributed by atoms with van der Waals surface area (Å²) in [6.45, 7) is 0. The number of hydrogen-bond donors (Lipinski definition) is 0. The first-order valence-electron chi connectivity index (χ1n) is 9.06. The molecule has 1 fully saturated rings. The molecular weight excluding hydrogens is 320 g/mol. The normalized spacial score (nSPS) is 20.2. The van der Waals surface area contributed by atoms with Gasteiger partial charge < -0.3 is 0 Å². The van der Waals surface area contributed by atoms with Gasteiger partial charge in [-0.1, -0.05) is 84.9 Å². The van der Waals surface area contributed by atoms with Crippen molar-refractivity contribution in [1.82, 2.24) is 0 Å². The topological polar surface area (TPSA) is 0 Å². The minimum Gasteiger partial charge on any atom is -0.217 e. The lowest BCUT2D eigenvalue weighted by Gasteiger charge is -2.32. The zero-order valence-corrected chi connectivity index (χ0v) is 15.9. The SMILES string of the molecule is CS(C)(c1ccccc1)[C@H]1C[C@@H]1Cc1ccc(-c2ccccc2)cc1. The highest BCUT2D eigenvalue weighted by atomic mass is 32.3. The summed E-state index contributed by atoms with van der Waals surface area (Å²) in [5.41, 5.74) is 4.09. The summed E-state index contributed by atoms with van der Waals surface area (Å²) in [6, 6.07) is 31.0. The average Bonchev–Trinajstić information content (AvgIpc) is 3.44. The molecule has 0 amide bonds. The summed E-state index contributed by atoms with van der Waals surface area (Å²) in [5, 5.41) is 0.878. The molecule has 0 aromatic heterocycles. The minimum atomic E-state index is -0.686. The quantitative estimate of drug-likeness (QED) is 0.501. The Morgan fingerprint density at radius 2 is 1.28 bits per heavy atom. The van der Waals surface area contributed by atoms with Gasteiger partial charge in [0, 0.05) is 0 Å². The standard InChI is InChI=1S/C24H26S/c1-25(2,23-11-7-4-8-12-23)24-18-22(24)17-19-13-15-21(16-14-19)20-9-5-3-6-10-20/h3-16,22,24H,17-18H2,1-2H3/t22-,24-/m0/s1. The van der Waals surface area contributed by atoms with Gasteiger partial charge in [-0.2, -0.15) is 0 Å². The second-order valence-corrected chi connectivity index (χ2v) is 11.4. The zero-order valence-electron chi connectivity index (χ0n) is 15.1. The van der Waals surface area contributed by atoms with Crippen molar-refractivity contribution in [2.24, 2.45) is 5.92 Å². The van der Waals surface area contributed by atoms with Crippen LogP contribution in [0.2, 0.25) is 0 Å². The van der Waals surface area contributed by atoms with E-state index in [0.29, 0.717) is 0 Å². The third-order valence-electron chi connectivity index (χ3n) is 5.52. The molecular formula is C24H26S. The third-order valence-corrected chi connectivity index (χ3v) is 9.10. The minimum absolute atomic E-state index is 0.686. The Kier molecular flexibility index (Phi) is 4.43. The van der Waals surface area contributed by atoms with E-state index >= 15 is 0 Å². The van der Waals surface area contributed by atoms with Crippen LogP contribution in [0, 0.1) is 5.92 Å². The summed E-state index contributed by atoms with van der Waals surface area (Å²) in [7, 11) is -0.686. The van der Waals surface area contributed by atoms with Crippen LogP contribution in [0.3, 0.4) is 0 Å². The summed E-state index contributed by atoms with van der Waals surface area (Å²) >= 11 is 0. The van der Waals surface area contributed by atoms with Gasteiger partial charge in [0.15, 0.2) is 0 Å². The molecule has 0 bridgehead atoms. The third kappa shape index (κ3) is 3.52. The first-order chi connectivity index (χ1) is 12.1. The molecule has 0 saturated heterocycles. The maximum Gasteiger partial charge on any atom is -0.00434 e. The van der Waals surface area contributed by atoms with Crippen molar-refractivity contribution in [3.05, 3.63) is 90.5 Å². The molecule has 4 rings (SSSR count). The van der Waals surface area contributed by atoms with E-state index in [0.717, 1.165) is 11.2 Å².